The number of fused-ring (bicyclic) bond motifs is 1. The largest absolute Gasteiger partial charge is 0.347 e. The number of nitrogens with zero attached hydrogens (tertiary/aromatic N) is 2. The number of para-hydroxylation sites is 1. The summed E-state index contributed by atoms with van der Waals surface area (Å²) in [4.78, 5) is 29.0. The van der Waals surface area contributed by atoms with Gasteiger partial charge in [-0.3, -0.25) is 14.0 Å². The second-order valence-electron chi connectivity index (χ2n) is 5.92. The fourth-order valence-corrected chi connectivity index (χ4v) is 2.48. The van der Waals surface area contributed by atoms with Crippen molar-refractivity contribution in [2.45, 2.75) is 19.9 Å². The van der Waals surface area contributed by atoms with Crippen LogP contribution < -0.4 is 10.6 Å². The molecule has 0 aliphatic carbocycles. The normalized spacial score (nSPS) is 11.0. The van der Waals surface area contributed by atoms with Crippen LogP contribution in [0.4, 0.5) is 14.5 Å². The lowest BCUT2D eigenvalue weighted by Crippen LogP contribution is -2.31. The van der Waals surface area contributed by atoms with Crippen molar-refractivity contribution in [3.05, 3.63) is 65.7 Å². The molecule has 0 spiro atoms. The van der Waals surface area contributed by atoms with Crippen LogP contribution in [0.5, 0.6) is 0 Å². The molecule has 0 saturated carbocycles. The van der Waals surface area contributed by atoms with Gasteiger partial charge in [0.15, 0.2) is 5.69 Å². The third kappa shape index (κ3) is 3.26. The standard InChI is InChI=1S/C18H16F2N4O2/c1-10(2)21-18(26)16-22-15(13-8-3-4-9-24(13)16)17(25)23-14-11(19)6-5-7-12(14)20/h3-10H,1-2H3,(H,21,26)(H,23,25). The molecule has 0 bridgehead atoms. The first-order valence-electron chi connectivity index (χ1n) is 7.91. The molecule has 0 aliphatic heterocycles. The van der Waals surface area contributed by atoms with Gasteiger partial charge < -0.3 is 10.6 Å². The number of anilines is 1. The van der Waals surface area contributed by atoms with Crippen LogP contribution in [-0.4, -0.2) is 27.2 Å². The minimum Gasteiger partial charge on any atom is -0.347 e. The molecule has 2 N–H and O–H groups in total. The molecule has 1 aromatic carbocycles. The molecule has 26 heavy (non-hydrogen) atoms. The first-order chi connectivity index (χ1) is 12.4. The van der Waals surface area contributed by atoms with E-state index >= 15 is 0 Å². The highest BCUT2D eigenvalue weighted by atomic mass is 19.1. The number of halogens is 2. The number of aromatic nitrogens is 2. The lowest BCUT2D eigenvalue weighted by Gasteiger charge is -2.06. The fourth-order valence-electron chi connectivity index (χ4n) is 2.48. The Bertz CT molecular complexity index is 978. The second kappa shape index (κ2) is 6.91. The summed E-state index contributed by atoms with van der Waals surface area (Å²) >= 11 is 0. The maximum absolute atomic E-state index is 13.8. The highest BCUT2D eigenvalue weighted by molar-refractivity contribution is 6.09. The number of pyridine rings is 1. The Morgan fingerprint density at radius 3 is 2.38 bits per heavy atom. The van der Waals surface area contributed by atoms with Gasteiger partial charge in [0, 0.05) is 12.2 Å². The predicted octanol–water partition coefficient (Wildman–Crippen LogP) is 3.00. The molecule has 8 heteroatoms. The Kier molecular flexibility index (Phi) is 4.66. The number of hydrogen-bond acceptors (Lipinski definition) is 3. The SMILES string of the molecule is CC(C)NC(=O)c1nc(C(=O)Nc2c(F)cccc2F)c2ccccn12. The van der Waals surface area contributed by atoms with Crippen molar-refractivity contribution in [2.75, 3.05) is 5.32 Å². The van der Waals surface area contributed by atoms with E-state index in [2.05, 4.69) is 15.6 Å². The van der Waals surface area contributed by atoms with Crippen LogP contribution in [0.25, 0.3) is 5.52 Å². The van der Waals surface area contributed by atoms with Crippen LogP contribution >= 0.6 is 0 Å². The Labute approximate surface area is 147 Å². The molecule has 6 nitrogen and oxygen atoms in total. The first kappa shape index (κ1) is 17.5. The summed E-state index contributed by atoms with van der Waals surface area (Å²) in [5.74, 6) is -3.08. The van der Waals surface area contributed by atoms with Crippen LogP contribution in [0, 0.1) is 11.6 Å². The molecule has 0 saturated heterocycles. The minimum atomic E-state index is -0.903. The molecule has 2 amide bonds. The number of carbonyl (C=O) groups excluding carboxylic acids is 2. The molecule has 0 radical (unpaired) electrons. The summed E-state index contributed by atoms with van der Waals surface area (Å²) in [5.41, 5.74) is -0.333. The number of amides is 2. The van der Waals surface area contributed by atoms with Crippen molar-refractivity contribution >= 4 is 23.0 Å². The molecular weight excluding hydrogens is 342 g/mol. The van der Waals surface area contributed by atoms with Gasteiger partial charge in [-0.05, 0) is 38.1 Å². The molecule has 0 aliphatic rings. The van der Waals surface area contributed by atoms with Gasteiger partial charge in [0.05, 0.1) is 5.52 Å². The molecule has 0 unspecified atom stereocenters. The summed E-state index contributed by atoms with van der Waals surface area (Å²) in [6.07, 6.45) is 1.58. The Hall–Kier alpha value is -3.29. The Morgan fingerprint density at radius 2 is 1.73 bits per heavy atom. The third-order valence-electron chi connectivity index (χ3n) is 3.59. The topological polar surface area (TPSA) is 75.5 Å². The highest BCUT2D eigenvalue weighted by Gasteiger charge is 2.23. The van der Waals surface area contributed by atoms with Crippen LogP contribution in [0.2, 0.25) is 0 Å². The van der Waals surface area contributed by atoms with Gasteiger partial charge in [0.2, 0.25) is 5.82 Å². The zero-order chi connectivity index (χ0) is 18.8. The van der Waals surface area contributed by atoms with Crippen molar-refractivity contribution in [1.29, 1.82) is 0 Å². The lowest BCUT2D eigenvalue weighted by atomic mass is 10.2. The predicted molar refractivity (Wildman–Crippen MR) is 92.1 cm³/mol. The minimum absolute atomic E-state index is 0.00783. The monoisotopic (exact) mass is 358 g/mol. The zero-order valence-electron chi connectivity index (χ0n) is 14.1. The van der Waals surface area contributed by atoms with Gasteiger partial charge >= 0.3 is 0 Å². The van der Waals surface area contributed by atoms with Crippen molar-refractivity contribution in [1.82, 2.24) is 14.7 Å². The Balaban J connectivity index is 2.02. The van der Waals surface area contributed by atoms with Crippen molar-refractivity contribution < 1.29 is 18.4 Å². The number of rotatable bonds is 4. The van der Waals surface area contributed by atoms with E-state index in [1.54, 1.807) is 38.2 Å². The van der Waals surface area contributed by atoms with E-state index in [1.165, 1.54) is 10.5 Å². The van der Waals surface area contributed by atoms with E-state index < -0.39 is 29.1 Å². The van der Waals surface area contributed by atoms with Gasteiger partial charge in [-0.1, -0.05) is 12.1 Å². The molecule has 3 aromatic rings. The van der Waals surface area contributed by atoms with Gasteiger partial charge in [0.25, 0.3) is 11.8 Å². The zero-order valence-corrected chi connectivity index (χ0v) is 14.1. The number of benzene rings is 1. The third-order valence-corrected chi connectivity index (χ3v) is 3.59. The summed E-state index contributed by atoms with van der Waals surface area (Å²) in [7, 11) is 0. The molecule has 0 atom stereocenters. The van der Waals surface area contributed by atoms with E-state index in [4.69, 9.17) is 0 Å². The van der Waals surface area contributed by atoms with Gasteiger partial charge in [-0.25, -0.2) is 13.8 Å². The fraction of sp³-hybridized carbons (Fsp3) is 0.167. The molecular formula is C18H16F2N4O2. The summed E-state index contributed by atoms with van der Waals surface area (Å²) in [6.45, 7) is 3.59. The van der Waals surface area contributed by atoms with Gasteiger partial charge in [-0.2, -0.15) is 0 Å². The molecule has 2 aromatic heterocycles. The van der Waals surface area contributed by atoms with E-state index in [9.17, 15) is 18.4 Å². The molecule has 134 valence electrons. The number of carbonyl (C=O) groups is 2. The number of nitrogens with one attached hydrogen (secondary N) is 2. The van der Waals surface area contributed by atoms with Crippen molar-refractivity contribution in [2.24, 2.45) is 0 Å². The van der Waals surface area contributed by atoms with Crippen molar-refractivity contribution in [3.8, 4) is 0 Å². The van der Waals surface area contributed by atoms with Crippen LogP contribution in [0.1, 0.15) is 35.0 Å². The smallest absolute Gasteiger partial charge is 0.287 e. The van der Waals surface area contributed by atoms with Gasteiger partial charge in [-0.15, -0.1) is 0 Å². The van der Waals surface area contributed by atoms with Crippen LogP contribution in [-0.2, 0) is 0 Å². The van der Waals surface area contributed by atoms with E-state index in [1.807, 2.05) is 0 Å². The highest BCUT2D eigenvalue weighted by Crippen LogP contribution is 2.20. The lowest BCUT2D eigenvalue weighted by molar-refractivity contribution is 0.0932. The van der Waals surface area contributed by atoms with Gasteiger partial charge in [0.1, 0.15) is 17.3 Å². The average Bonchev–Trinajstić information content (AvgIpc) is 2.97. The number of hydrogen-bond donors (Lipinski definition) is 2. The maximum atomic E-state index is 13.8. The van der Waals surface area contributed by atoms with Crippen LogP contribution in [0.3, 0.4) is 0 Å². The summed E-state index contributed by atoms with van der Waals surface area (Å²) in [5, 5.41) is 4.88. The molecule has 0 fully saturated rings. The second-order valence-corrected chi connectivity index (χ2v) is 5.92. The summed E-state index contributed by atoms with van der Waals surface area (Å²) < 4.78 is 29.0. The first-order valence-corrected chi connectivity index (χ1v) is 7.91. The van der Waals surface area contributed by atoms with Crippen LogP contribution in [0.15, 0.2) is 42.6 Å². The molecule has 2 heterocycles. The summed E-state index contributed by atoms with van der Waals surface area (Å²) in [6, 6.07) is 8.08. The Morgan fingerprint density at radius 1 is 1.04 bits per heavy atom. The van der Waals surface area contributed by atoms with E-state index in [-0.39, 0.29) is 17.6 Å². The molecule has 3 rings (SSSR count). The van der Waals surface area contributed by atoms with E-state index in [0.717, 1.165) is 12.1 Å². The number of imidazole rings is 1. The van der Waals surface area contributed by atoms with Crippen molar-refractivity contribution in [3.63, 3.8) is 0 Å². The average molecular weight is 358 g/mol. The van der Waals surface area contributed by atoms with E-state index in [0.29, 0.717) is 5.52 Å². The quantitative estimate of drug-likeness (QED) is 0.753. The maximum Gasteiger partial charge on any atom is 0.287 e.